The predicted octanol–water partition coefficient (Wildman–Crippen LogP) is 4.81. The number of rotatable bonds is 4. The molecule has 1 saturated heterocycles. The molecule has 2 heterocycles. The van der Waals surface area contributed by atoms with Gasteiger partial charge in [-0.25, -0.2) is 4.98 Å². The predicted molar refractivity (Wildman–Crippen MR) is 89.2 cm³/mol. The second-order valence-electron chi connectivity index (χ2n) is 6.19. The minimum absolute atomic E-state index is 0.493. The van der Waals surface area contributed by atoms with Gasteiger partial charge in [-0.1, -0.05) is 30.7 Å². The molecule has 2 aromatic rings. The summed E-state index contributed by atoms with van der Waals surface area (Å²) in [6.45, 7) is 5.74. The monoisotopic (exact) mass is 296 g/mol. The molecule has 3 nitrogen and oxygen atoms in total. The maximum atomic E-state index is 5.77. The summed E-state index contributed by atoms with van der Waals surface area (Å²) in [5, 5.41) is 0. The first-order valence-electron chi connectivity index (χ1n) is 8.18. The van der Waals surface area contributed by atoms with Crippen molar-refractivity contribution in [2.75, 3.05) is 6.54 Å². The van der Waals surface area contributed by atoms with E-state index in [-0.39, 0.29) is 0 Å². The van der Waals surface area contributed by atoms with E-state index in [4.69, 9.17) is 4.74 Å². The van der Waals surface area contributed by atoms with Gasteiger partial charge in [0.25, 0.3) is 0 Å². The molecule has 0 amide bonds. The summed E-state index contributed by atoms with van der Waals surface area (Å²) in [6.07, 6.45) is 5.80. The summed E-state index contributed by atoms with van der Waals surface area (Å²) in [5.41, 5.74) is 1.30. The molecule has 1 atom stereocenters. The third-order valence-corrected chi connectivity index (χ3v) is 4.32. The van der Waals surface area contributed by atoms with Crippen LogP contribution in [0.5, 0.6) is 11.6 Å². The molecule has 1 aromatic carbocycles. The summed E-state index contributed by atoms with van der Waals surface area (Å²) in [5.74, 6) is 1.48. The van der Waals surface area contributed by atoms with Crippen LogP contribution in [-0.4, -0.2) is 22.5 Å². The number of nitrogens with zero attached hydrogens (tertiary/aromatic N) is 2. The van der Waals surface area contributed by atoms with Gasteiger partial charge in [-0.05, 0) is 50.9 Å². The lowest BCUT2D eigenvalue weighted by Gasteiger charge is -2.38. The first-order chi connectivity index (χ1) is 10.7. The summed E-state index contributed by atoms with van der Waals surface area (Å²) >= 11 is 0. The van der Waals surface area contributed by atoms with E-state index >= 15 is 0 Å². The average Bonchev–Trinajstić information content (AvgIpc) is 2.56. The van der Waals surface area contributed by atoms with Crippen LogP contribution < -0.4 is 4.74 Å². The summed E-state index contributed by atoms with van der Waals surface area (Å²) in [6, 6.07) is 15.0. The number of hydrogen-bond acceptors (Lipinski definition) is 3. The Morgan fingerprint density at radius 3 is 2.59 bits per heavy atom. The molecule has 116 valence electrons. The van der Waals surface area contributed by atoms with Crippen molar-refractivity contribution in [3.8, 4) is 11.6 Å². The van der Waals surface area contributed by atoms with Crippen molar-refractivity contribution in [2.24, 2.45) is 0 Å². The molecule has 0 unspecified atom stereocenters. The number of para-hydroxylation sites is 1. The second-order valence-corrected chi connectivity index (χ2v) is 6.19. The van der Waals surface area contributed by atoms with Gasteiger partial charge in [0.1, 0.15) is 5.75 Å². The molecule has 1 aromatic heterocycles. The Bertz CT molecular complexity index is 580. The van der Waals surface area contributed by atoms with Gasteiger partial charge in [0.15, 0.2) is 0 Å². The molecule has 22 heavy (non-hydrogen) atoms. The number of likely N-dealkylation sites (tertiary alicyclic amines) is 1. The average molecular weight is 296 g/mol. The Morgan fingerprint density at radius 2 is 1.91 bits per heavy atom. The Labute approximate surface area is 132 Å². The van der Waals surface area contributed by atoms with Crippen LogP contribution in [-0.2, 0) is 0 Å². The fourth-order valence-corrected chi connectivity index (χ4v) is 3.19. The zero-order chi connectivity index (χ0) is 15.4. The Balaban J connectivity index is 1.73. The number of pyridine rings is 1. The number of piperidine rings is 1. The van der Waals surface area contributed by atoms with Gasteiger partial charge in [0.2, 0.25) is 5.88 Å². The summed E-state index contributed by atoms with van der Waals surface area (Å²) < 4.78 is 5.77. The van der Waals surface area contributed by atoms with E-state index in [0.29, 0.717) is 18.0 Å². The molecule has 0 saturated carbocycles. The van der Waals surface area contributed by atoms with Crippen molar-refractivity contribution in [3.05, 3.63) is 54.2 Å². The van der Waals surface area contributed by atoms with Crippen molar-refractivity contribution in [2.45, 2.75) is 45.2 Å². The highest BCUT2D eigenvalue weighted by atomic mass is 16.5. The molecular formula is C19H24N2O. The topological polar surface area (TPSA) is 25.4 Å². The molecule has 1 fully saturated rings. The van der Waals surface area contributed by atoms with Crippen LogP contribution in [0.4, 0.5) is 0 Å². The summed E-state index contributed by atoms with van der Waals surface area (Å²) in [7, 11) is 0. The maximum Gasteiger partial charge on any atom is 0.219 e. The van der Waals surface area contributed by atoms with Crippen molar-refractivity contribution < 1.29 is 4.74 Å². The second kappa shape index (κ2) is 6.93. The van der Waals surface area contributed by atoms with Crippen molar-refractivity contribution in [1.82, 2.24) is 9.88 Å². The molecule has 1 aliphatic rings. The van der Waals surface area contributed by atoms with Crippen LogP contribution in [0, 0.1) is 0 Å². The Hall–Kier alpha value is -1.87. The molecule has 0 radical (unpaired) electrons. The standard InChI is InChI=1S/C19H24N2O/c1-15(2)21-13-7-6-10-18(21)16-11-12-19(20-14-16)22-17-8-4-3-5-9-17/h3-5,8-9,11-12,14-15,18H,6-7,10,13H2,1-2H3/t18-/m0/s1. The number of hydrogen-bond donors (Lipinski definition) is 0. The highest BCUT2D eigenvalue weighted by Gasteiger charge is 2.25. The van der Waals surface area contributed by atoms with Crippen LogP contribution in [0.15, 0.2) is 48.7 Å². The van der Waals surface area contributed by atoms with Crippen molar-refractivity contribution >= 4 is 0 Å². The lowest BCUT2D eigenvalue weighted by atomic mass is 9.95. The van der Waals surface area contributed by atoms with Crippen LogP contribution in [0.3, 0.4) is 0 Å². The Kier molecular flexibility index (Phi) is 4.74. The third-order valence-electron chi connectivity index (χ3n) is 4.32. The van der Waals surface area contributed by atoms with E-state index in [1.165, 1.54) is 31.4 Å². The van der Waals surface area contributed by atoms with Gasteiger partial charge in [0.05, 0.1) is 0 Å². The molecule has 3 rings (SSSR count). The molecular weight excluding hydrogens is 272 g/mol. The first kappa shape index (κ1) is 15.0. The van der Waals surface area contributed by atoms with E-state index in [0.717, 1.165) is 5.75 Å². The van der Waals surface area contributed by atoms with Gasteiger partial charge in [-0.15, -0.1) is 0 Å². The summed E-state index contributed by atoms with van der Waals surface area (Å²) in [4.78, 5) is 7.08. The van der Waals surface area contributed by atoms with E-state index in [2.05, 4.69) is 29.8 Å². The zero-order valence-corrected chi connectivity index (χ0v) is 13.4. The number of aromatic nitrogens is 1. The SMILES string of the molecule is CC(C)N1CCCC[C@H]1c1ccc(Oc2ccccc2)nc1. The minimum atomic E-state index is 0.493. The van der Waals surface area contributed by atoms with E-state index in [1.807, 2.05) is 42.6 Å². The fraction of sp³-hybridized carbons (Fsp3) is 0.421. The molecule has 0 bridgehead atoms. The zero-order valence-electron chi connectivity index (χ0n) is 13.4. The number of ether oxygens (including phenoxy) is 1. The van der Waals surface area contributed by atoms with Crippen molar-refractivity contribution in [3.63, 3.8) is 0 Å². The van der Waals surface area contributed by atoms with Gasteiger partial charge >= 0.3 is 0 Å². The molecule has 0 spiro atoms. The van der Waals surface area contributed by atoms with Crippen LogP contribution in [0.1, 0.15) is 44.7 Å². The highest BCUT2D eigenvalue weighted by Crippen LogP contribution is 2.32. The van der Waals surface area contributed by atoms with E-state index in [1.54, 1.807) is 0 Å². The molecule has 1 aliphatic heterocycles. The van der Waals surface area contributed by atoms with Gasteiger partial charge in [-0.3, -0.25) is 4.90 Å². The molecule has 3 heteroatoms. The first-order valence-corrected chi connectivity index (χ1v) is 8.18. The largest absolute Gasteiger partial charge is 0.439 e. The lowest BCUT2D eigenvalue weighted by molar-refractivity contribution is 0.112. The maximum absolute atomic E-state index is 5.77. The van der Waals surface area contributed by atoms with E-state index in [9.17, 15) is 0 Å². The van der Waals surface area contributed by atoms with Gasteiger partial charge in [-0.2, -0.15) is 0 Å². The lowest BCUT2D eigenvalue weighted by Crippen LogP contribution is -2.38. The fourth-order valence-electron chi connectivity index (χ4n) is 3.19. The molecule has 0 aliphatic carbocycles. The quantitative estimate of drug-likeness (QED) is 0.809. The normalized spacial score (nSPS) is 19.3. The smallest absolute Gasteiger partial charge is 0.219 e. The van der Waals surface area contributed by atoms with Crippen LogP contribution in [0.25, 0.3) is 0 Å². The van der Waals surface area contributed by atoms with Crippen molar-refractivity contribution in [1.29, 1.82) is 0 Å². The minimum Gasteiger partial charge on any atom is -0.439 e. The van der Waals surface area contributed by atoms with Crippen LogP contribution >= 0.6 is 0 Å². The molecule has 0 N–H and O–H groups in total. The van der Waals surface area contributed by atoms with Gasteiger partial charge < -0.3 is 4.74 Å². The Morgan fingerprint density at radius 1 is 1.09 bits per heavy atom. The highest BCUT2D eigenvalue weighted by molar-refractivity contribution is 5.28. The van der Waals surface area contributed by atoms with Crippen LogP contribution in [0.2, 0.25) is 0 Å². The third kappa shape index (κ3) is 3.47. The number of benzene rings is 1. The van der Waals surface area contributed by atoms with Gasteiger partial charge in [0, 0.05) is 24.3 Å². The van der Waals surface area contributed by atoms with E-state index < -0.39 is 0 Å².